The van der Waals surface area contributed by atoms with E-state index in [1.54, 1.807) is 0 Å². The van der Waals surface area contributed by atoms with Gasteiger partial charge in [-0.05, 0) is 32.0 Å². The van der Waals surface area contributed by atoms with E-state index in [9.17, 15) is 13.2 Å². The lowest BCUT2D eigenvalue weighted by molar-refractivity contribution is -0.143. The predicted octanol–water partition coefficient (Wildman–Crippen LogP) is 3.20. The van der Waals surface area contributed by atoms with Crippen molar-refractivity contribution in [1.29, 1.82) is 0 Å². The molecule has 0 aliphatic carbocycles. The van der Waals surface area contributed by atoms with Crippen LogP contribution in [-0.4, -0.2) is 39.1 Å². The van der Waals surface area contributed by atoms with E-state index in [1.165, 1.54) is 10.9 Å². The Bertz CT molecular complexity index is 647. The number of hydrogen-bond donors (Lipinski definition) is 0. The fourth-order valence-electron chi connectivity index (χ4n) is 2.74. The van der Waals surface area contributed by atoms with E-state index in [1.807, 2.05) is 0 Å². The average molecular weight is 319 g/mol. The van der Waals surface area contributed by atoms with E-state index in [-0.39, 0.29) is 22.7 Å². The Morgan fingerprint density at radius 2 is 1.86 bits per heavy atom. The second-order valence-corrected chi connectivity index (χ2v) is 5.49. The summed E-state index contributed by atoms with van der Waals surface area (Å²) < 4.78 is 40.8. The molecular weight excluding hydrogens is 305 g/mol. The number of aromatic nitrogens is 3. The molecule has 0 radical (unpaired) electrons. The molecule has 1 saturated heterocycles. The van der Waals surface area contributed by atoms with Gasteiger partial charge in [0.2, 0.25) is 0 Å². The molecule has 0 N–H and O–H groups in total. The molecule has 0 bridgehead atoms. The Morgan fingerprint density at radius 1 is 1.14 bits per heavy atom. The first-order chi connectivity index (χ1) is 9.97. The molecule has 0 spiro atoms. The second kappa shape index (κ2) is 5.46. The molecule has 2 aromatic heterocycles. The first kappa shape index (κ1) is 14.6. The summed E-state index contributed by atoms with van der Waals surface area (Å²) in [5.41, 5.74) is -0.486. The summed E-state index contributed by atoms with van der Waals surface area (Å²) in [6.45, 7) is 2.70. The fraction of sp³-hybridized carbons (Fsp3) is 0.538. The van der Waals surface area contributed by atoms with Gasteiger partial charge in [-0.2, -0.15) is 13.2 Å². The number of nitrogens with zero attached hydrogens (tertiary/aromatic N) is 4. The summed E-state index contributed by atoms with van der Waals surface area (Å²) in [4.78, 5) is 9.88. The lowest BCUT2D eigenvalue weighted by Crippen LogP contribution is -2.26. The van der Waals surface area contributed by atoms with Crippen LogP contribution in [0, 0.1) is 0 Å². The molecule has 1 aliphatic rings. The van der Waals surface area contributed by atoms with Crippen molar-refractivity contribution in [2.75, 3.05) is 19.6 Å². The fourth-order valence-corrected chi connectivity index (χ4v) is 2.93. The van der Waals surface area contributed by atoms with Crippen LogP contribution in [0.4, 0.5) is 13.2 Å². The molecule has 0 unspecified atom stereocenters. The minimum absolute atomic E-state index is 0.0467. The van der Waals surface area contributed by atoms with Gasteiger partial charge in [0.25, 0.3) is 0 Å². The van der Waals surface area contributed by atoms with E-state index >= 15 is 0 Å². The third-order valence-electron chi connectivity index (χ3n) is 3.77. The second-order valence-electron chi connectivity index (χ2n) is 5.13. The molecule has 2 aromatic rings. The third-order valence-corrected chi connectivity index (χ3v) is 4.07. The third kappa shape index (κ3) is 2.85. The Morgan fingerprint density at radius 3 is 2.52 bits per heavy atom. The zero-order valence-electron chi connectivity index (χ0n) is 11.2. The topological polar surface area (TPSA) is 34.0 Å². The summed E-state index contributed by atoms with van der Waals surface area (Å²) in [5.74, 6) is 0. The van der Waals surface area contributed by atoms with Crippen molar-refractivity contribution in [2.45, 2.75) is 25.6 Å². The van der Waals surface area contributed by atoms with Crippen LogP contribution < -0.4 is 0 Å². The van der Waals surface area contributed by atoms with Gasteiger partial charge < -0.3 is 9.47 Å². The van der Waals surface area contributed by atoms with Gasteiger partial charge in [0.15, 0.2) is 0 Å². The van der Waals surface area contributed by atoms with Crippen molar-refractivity contribution in [3.8, 4) is 0 Å². The number of likely N-dealkylation sites (tertiary alicyclic amines) is 1. The molecular formula is C13H14ClF3N4. The number of alkyl halides is 3. The van der Waals surface area contributed by atoms with Gasteiger partial charge in [-0.3, -0.25) is 0 Å². The van der Waals surface area contributed by atoms with Crippen molar-refractivity contribution < 1.29 is 13.2 Å². The van der Waals surface area contributed by atoms with Crippen LogP contribution in [0.1, 0.15) is 18.5 Å². The zero-order valence-corrected chi connectivity index (χ0v) is 12.0. The maximum absolute atomic E-state index is 13.2. The van der Waals surface area contributed by atoms with Crippen LogP contribution >= 0.6 is 11.6 Å². The predicted molar refractivity (Wildman–Crippen MR) is 73.2 cm³/mol. The first-order valence-electron chi connectivity index (χ1n) is 6.76. The Hall–Kier alpha value is -1.34. The lowest BCUT2D eigenvalue weighted by Gasteiger charge is -2.17. The van der Waals surface area contributed by atoms with E-state index in [4.69, 9.17) is 11.6 Å². The number of fused-ring (bicyclic) bond motifs is 1. The highest BCUT2D eigenvalue weighted by molar-refractivity contribution is 6.33. The van der Waals surface area contributed by atoms with Crippen LogP contribution in [-0.2, 0) is 12.7 Å². The molecule has 4 nitrogen and oxygen atoms in total. The van der Waals surface area contributed by atoms with Gasteiger partial charge in [0, 0.05) is 13.1 Å². The van der Waals surface area contributed by atoms with Crippen LogP contribution in [0.5, 0.6) is 0 Å². The summed E-state index contributed by atoms with van der Waals surface area (Å²) >= 11 is 5.88. The van der Waals surface area contributed by atoms with Crippen molar-refractivity contribution in [3.63, 3.8) is 0 Å². The maximum Gasteiger partial charge on any atom is 0.431 e. The molecule has 21 heavy (non-hydrogen) atoms. The summed E-state index contributed by atoms with van der Waals surface area (Å²) in [6, 6.07) is 1.03. The smallest absolute Gasteiger partial charge is 0.320 e. The van der Waals surface area contributed by atoms with Crippen molar-refractivity contribution >= 4 is 22.6 Å². The highest BCUT2D eigenvalue weighted by Gasteiger charge is 2.36. The van der Waals surface area contributed by atoms with Crippen molar-refractivity contribution in [3.05, 3.63) is 23.2 Å². The Balaban J connectivity index is 1.99. The van der Waals surface area contributed by atoms with Gasteiger partial charge in [0.1, 0.15) is 22.8 Å². The molecule has 1 aliphatic heterocycles. The first-order valence-corrected chi connectivity index (χ1v) is 7.14. The van der Waals surface area contributed by atoms with E-state index in [2.05, 4.69) is 14.9 Å². The van der Waals surface area contributed by atoms with Gasteiger partial charge in [-0.25, -0.2) is 9.97 Å². The monoisotopic (exact) mass is 318 g/mol. The molecule has 8 heteroatoms. The quantitative estimate of drug-likeness (QED) is 0.815. The molecule has 0 aromatic carbocycles. The largest absolute Gasteiger partial charge is 0.431 e. The molecule has 3 rings (SSSR count). The SMILES string of the molecule is FC(F)(F)c1cc2c(Cl)ncnc2n1CCN1CCCC1. The van der Waals surface area contributed by atoms with Crippen molar-refractivity contribution in [1.82, 2.24) is 19.4 Å². The number of hydrogen-bond acceptors (Lipinski definition) is 3. The molecule has 0 atom stereocenters. The number of halogens is 4. The van der Waals surface area contributed by atoms with E-state index in [0.29, 0.717) is 6.54 Å². The molecule has 114 valence electrons. The molecule has 0 amide bonds. The van der Waals surface area contributed by atoms with Crippen LogP contribution in [0.3, 0.4) is 0 Å². The molecule has 3 heterocycles. The maximum atomic E-state index is 13.2. The number of rotatable bonds is 3. The normalized spacial score (nSPS) is 17.0. The summed E-state index contributed by atoms with van der Waals surface area (Å²) in [6.07, 6.45) is -1.04. The highest BCUT2D eigenvalue weighted by atomic mass is 35.5. The lowest BCUT2D eigenvalue weighted by atomic mass is 10.3. The van der Waals surface area contributed by atoms with Crippen LogP contribution in [0.25, 0.3) is 11.0 Å². The van der Waals surface area contributed by atoms with Gasteiger partial charge >= 0.3 is 6.18 Å². The van der Waals surface area contributed by atoms with E-state index < -0.39 is 11.9 Å². The molecule has 0 saturated carbocycles. The minimum atomic E-state index is -4.44. The minimum Gasteiger partial charge on any atom is -0.320 e. The Labute approximate surface area is 124 Å². The summed E-state index contributed by atoms with van der Waals surface area (Å²) in [5, 5.41) is 0.290. The Kier molecular flexibility index (Phi) is 3.79. The van der Waals surface area contributed by atoms with Gasteiger partial charge in [0.05, 0.1) is 5.39 Å². The van der Waals surface area contributed by atoms with Crippen LogP contribution in [0.2, 0.25) is 5.15 Å². The molecule has 1 fully saturated rings. The van der Waals surface area contributed by atoms with Crippen molar-refractivity contribution in [2.24, 2.45) is 0 Å². The summed E-state index contributed by atoms with van der Waals surface area (Å²) in [7, 11) is 0. The van der Waals surface area contributed by atoms with E-state index in [0.717, 1.165) is 32.0 Å². The standard InChI is InChI=1S/C13H14ClF3N4/c14-11-9-7-10(13(15,16)17)21(12(9)19-8-18-11)6-5-20-3-1-2-4-20/h7-8H,1-6H2. The van der Waals surface area contributed by atoms with Crippen LogP contribution in [0.15, 0.2) is 12.4 Å². The van der Waals surface area contributed by atoms with Gasteiger partial charge in [-0.15, -0.1) is 0 Å². The van der Waals surface area contributed by atoms with Gasteiger partial charge in [-0.1, -0.05) is 11.6 Å². The zero-order chi connectivity index (χ0) is 15.0. The average Bonchev–Trinajstić information content (AvgIpc) is 3.03. The highest BCUT2D eigenvalue weighted by Crippen LogP contribution is 2.35.